The van der Waals surface area contributed by atoms with Crippen LogP contribution < -0.4 is 0 Å². The van der Waals surface area contributed by atoms with Crippen molar-refractivity contribution in [1.29, 1.82) is 5.26 Å². The molecule has 5 aliphatic rings. The van der Waals surface area contributed by atoms with E-state index in [1.807, 2.05) is 27.7 Å². The normalized spacial score (nSPS) is 45.3. The van der Waals surface area contributed by atoms with Crippen LogP contribution in [0.5, 0.6) is 0 Å². The van der Waals surface area contributed by atoms with E-state index in [-0.39, 0.29) is 24.8 Å². The maximum atomic E-state index is 17.6. The van der Waals surface area contributed by atoms with Crippen LogP contribution in [-0.4, -0.2) is 53.4 Å². The molecule has 10 heteroatoms. The van der Waals surface area contributed by atoms with Crippen molar-refractivity contribution >= 4 is 17.9 Å². The number of ether oxygens (including phenoxy) is 3. The quantitative estimate of drug-likeness (QED) is 0.361. The van der Waals surface area contributed by atoms with Crippen LogP contribution >= 0.6 is 0 Å². The number of fused-ring (bicyclic) bond motifs is 5. The third-order valence-electron chi connectivity index (χ3n) is 12.1. The van der Waals surface area contributed by atoms with Gasteiger partial charge in [-0.15, -0.1) is 0 Å². The van der Waals surface area contributed by atoms with E-state index < -0.39 is 93.6 Å². The van der Waals surface area contributed by atoms with Gasteiger partial charge in [-0.3, -0.25) is 9.59 Å². The van der Waals surface area contributed by atoms with Crippen molar-refractivity contribution in [1.82, 2.24) is 0 Å². The van der Waals surface area contributed by atoms with Crippen LogP contribution in [0.3, 0.4) is 0 Å². The fraction of sp³-hybridized carbons (Fsp3) is 0.742. The summed E-state index contributed by atoms with van der Waals surface area (Å²) in [6.45, 7) is 12.1. The number of nitrogens with zero attached hydrogens (tertiary/aromatic N) is 1. The van der Waals surface area contributed by atoms with Crippen LogP contribution in [-0.2, 0) is 23.8 Å². The van der Waals surface area contributed by atoms with Gasteiger partial charge in [0.15, 0.2) is 18.1 Å². The summed E-state index contributed by atoms with van der Waals surface area (Å²) in [7, 11) is 0. The number of ketones is 1. The third kappa shape index (κ3) is 3.60. The van der Waals surface area contributed by atoms with Gasteiger partial charge < -0.3 is 19.3 Å². The minimum atomic E-state index is -2.34. The Morgan fingerprint density at radius 2 is 1.73 bits per heavy atom. The molecular formula is C31H39F2NO7. The molecule has 0 unspecified atom stereocenters. The maximum absolute atomic E-state index is 17.6. The van der Waals surface area contributed by atoms with Crippen LogP contribution in [0.25, 0.3) is 0 Å². The van der Waals surface area contributed by atoms with Gasteiger partial charge in [0.25, 0.3) is 5.79 Å². The molecule has 5 rings (SSSR count). The number of carbonyl (C=O) groups is 3. The van der Waals surface area contributed by atoms with E-state index in [0.717, 1.165) is 6.08 Å². The van der Waals surface area contributed by atoms with Crippen LogP contribution in [0, 0.1) is 56.7 Å². The highest BCUT2D eigenvalue weighted by molar-refractivity contribution is 6.01. The number of aliphatic hydroxyl groups is 1. The summed E-state index contributed by atoms with van der Waals surface area (Å²) in [6.07, 6.45) is -1.22. The average molecular weight is 576 g/mol. The summed E-state index contributed by atoms with van der Waals surface area (Å²) in [5.41, 5.74) is -6.05. The fourth-order valence-corrected chi connectivity index (χ4v) is 9.18. The van der Waals surface area contributed by atoms with Gasteiger partial charge in [0.05, 0.1) is 17.4 Å². The van der Waals surface area contributed by atoms with Crippen LogP contribution in [0.2, 0.25) is 0 Å². The van der Waals surface area contributed by atoms with E-state index in [1.165, 1.54) is 19.1 Å². The highest BCUT2D eigenvalue weighted by atomic mass is 19.1. The zero-order chi connectivity index (χ0) is 30.6. The molecule has 224 valence electrons. The molecule has 0 saturated heterocycles. The zero-order valence-electron chi connectivity index (χ0n) is 24.6. The topological polar surface area (TPSA) is 123 Å². The number of aliphatic hydroxyl groups excluding tert-OH is 1. The molecule has 0 aliphatic heterocycles. The van der Waals surface area contributed by atoms with Crippen molar-refractivity contribution in [2.24, 2.45) is 45.3 Å². The Balaban J connectivity index is 1.59. The molecule has 0 bridgehead atoms. The number of alkyl halides is 2. The van der Waals surface area contributed by atoms with E-state index >= 15 is 8.78 Å². The summed E-state index contributed by atoms with van der Waals surface area (Å²) < 4.78 is 50.3. The van der Waals surface area contributed by atoms with Gasteiger partial charge >= 0.3 is 12.1 Å². The Morgan fingerprint density at radius 1 is 1.10 bits per heavy atom. The number of hydrogen-bond acceptors (Lipinski definition) is 8. The molecule has 0 spiro atoms. The van der Waals surface area contributed by atoms with Crippen molar-refractivity contribution in [3.63, 3.8) is 0 Å². The Labute approximate surface area is 239 Å². The second-order valence-corrected chi connectivity index (χ2v) is 14.3. The van der Waals surface area contributed by atoms with Crippen molar-refractivity contribution in [3.8, 4) is 6.07 Å². The van der Waals surface area contributed by atoms with Crippen molar-refractivity contribution in [2.75, 3.05) is 6.61 Å². The first-order chi connectivity index (χ1) is 18.8. The predicted octanol–water partition coefficient (Wildman–Crippen LogP) is 5.15. The lowest BCUT2D eigenvalue weighted by Gasteiger charge is -2.62. The van der Waals surface area contributed by atoms with Crippen molar-refractivity contribution < 1.29 is 42.5 Å². The van der Waals surface area contributed by atoms with E-state index in [2.05, 4.69) is 0 Å². The van der Waals surface area contributed by atoms with Gasteiger partial charge in [-0.2, -0.15) is 5.26 Å². The number of carbonyl (C=O) groups excluding carboxylic acids is 3. The first-order valence-electron chi connectivity index (χ1n) is 14.3. The van der Waals surface area contributed by atoms with E-state index in [4.69, 9.17) is 19.5 Å². The molecule has 0 heterocycles. The molecular weight excluding hydrogens is 536 g/mol. The van der Waals surface area contributed by atoms with Crippen LogP contribution in [0.1, 0.15) is 67.7 Å². The Hall–Kier alpha value is -2.80. The molecule has 0 radical (unpaired) electrons. The summed E-state index contributed by atoms with van der Waals surface area (Å²) in [6, 6.07) is 1.69. The monoisotopic (exact) mass is 575 g/mol. The lowest BCUT2D eigenvalue weighted by atomic mass is 9.45. The summed E-state index contributed by atoms with van der Waals surface area (Å²) >= 11 is 0. The van der Waals surface area contributed by atoms with Crippen LogP contribution in [0.15, 0.2) is 23.8 Å². The summed E-state index contributed by atoms with van der Waals surface area (Å²) in [5.74, 6) is -5.93. The number of allylic oxidation sites excluding steroid dienone is 4. The molecule has 0 aromatic carbocycles. The van der Waals surface area contributed by atoms with Gasteiger partial charge in [-0.25, -0.2) is 13.6 Å². The van der Waals surface area contributed by atoms with Gasteiger partial charge in [-0.05, 0) is 60.7 Å². The van der Waals surface area contributed by atoms with E-state index in [9.17, 15) is 19.5 Å². The molecule has 0 aromatic heterocycles. The predicted molar refractivity (Wildman–Crippen MR) is 141 cm³/mol. The van der Waals surface area contributed by atoms with E-state index in [0.29, 0.717) is 0 Å². The lowest BCUT2D eigenvalue weighted by molar-refractivity contribution is -0.301. The Bertz CT molecular complexity index is 1290. The highest BCUT2D eigenvalue weighted by Gasteiger charge is 2.79. The number of halogens is 2. The largest absolute Gasteiger partial charge is 0.512 e. The number of esters is 1. The van der Waals surface area contributed by atoms with Crippen molar-refractivity contribution in [2.45, 2.75) is 91.5 Å². The minimum Gasteiger partial charge on any atom is -0.421 e. The minimum absolute atomic E-state index is 0.00432. The molecule has 0 aromatic rings. The molecule has 5 aliphatic carbocycles. The SMILES string of the molecule is C[C@@H]1C[C@H]2[C@@H]3C[C@H](F)C4=CC(=O)C=C[C@]4(C)[C@@]3(F)[C@@H](O)C[C@]2(C)[C@]1(OC(=O)OCC#N)OC(=O)C1C(C)(C)C1(C)C. The molecule has 1 N–H and O–H groups in total. The van der Waals surface area contributed by atoms with E-state index in [1.54, 1.807) is 19.9 Å². The molecule has 0 amide bonds. The fourth-order valence-electron chi connectivity index (χ4n) is 9.18. The van der Waals surface area contributed by atoms with Crippen molar-refractivity contribution in [3.05, 3.63) is 23.8 Å². The summed E-state index contributed by atoms with van der Waals surface area (Å²) in [5, 5.41) is 20.6. The molecule has 8 nitrogen and oxygen atoms in total. The third-order valence-corrected chi connectivity index (χ3v) is 12.1. The molecule has 9 atom stereocenters. The van der Waals surface area contributed by atoms with Gasteiger partial charge in [0.2, 0.25) is 0 Å². The average Bonchev–Trinajstić information content (AvgIpc) is 3.20. The molecule has 4 fully saturated rings. The van der Waals surface area contributed by atoms with Gasteiger partial charge in [-0.1, -0.05) is 47.6 Å². The first-order valence-corrected chi connectivity index (χ1v) is 14.3. The lowest BCUT2D eigenvalue weighted by Crippen LogP contribution is -2.70. The molecule has 4 saturated carbocycles. The second-order valence-electron chi connectivity index (χ2n) is 14.3. The zero-order valence-corrected chi connectivity index (χ0v) is 24.6. The smallest absolute Gasteiger partial charge is 0.421 e. The van der Waals surface area contributed by atoms with Gasteiger partial charge in [0, 0.05) is 17.3 Å². The number of rotatable bonds is 4. The Morgan fingerprint density at radius 3 is 2.32 bits per heavy atom. The number of nitriles is 1. The molecule has 41 heavy (non-hydrogen) atoms. The highest BCUT2D eigenvalue weighted by Crippen LogP contribution is 2.73. The second kappa shape index (κ2) is 8.85. The standard InChI is InChI=1S/C31H39F2NO7/c1-16-12-18-19-14-21(32)20-13-17(35)8-9-28(20,6)30(19,33)22(36)15-29(18,7)31(16,41-25(38)39-11-10-34)40-24(37)23-26(2,3)27(23,4)5/h8-9,13,16,18-19,21-23,36H,11-12,14-15H2,1-7H3/t16-,18+,19+,21+,22+,28+,29+,30+,31+/m1/s1. The Kier molecular flexibility index (Phi) is 6.41. The number of hydrogen-bond donors (Lipinski definition) is 1. The maximum Gasteiger partial charge on any atom is 0.512 e. The van der Waals surface area contributed by atoms with Crippen LogP contribution in [0.4, 0.5) is 13.6 Å². The summed E-state index contributed by atoms with van der Waals surface area (Å²) in [4.78, 5) is 38.7. The van der Waals surface area contributed by atoms with Gasteiger partial charge in [0.1, 0.15) is 12.2 Å². The first kappa shape index (κ1) is 29.7.